The quantitative estimate of drug-likeness (QED) is 0.0367. The number of aliphatic hydroxyl groups is 1. The summed E-state index contributed by atoms with van der Waals surface area (Å²) < 4.78 is 0. The molecular formula is C62H114N16O14S. The van der Waals surface area contributed by atoms with Crippen molar-refractivity contribution in [3.05, 3.63) is 18.2 Å². The monoisotopic (exact) mass is 1340 g/mol. The molecule has 0 radical (unpaired) electrons. The van der Waals surface area contributed by atoms with Gasteiger partial charge in [-0.15, -0.1) is 0 Å². The Morgan fingerprint density at radius 3 is 1.42 bits per heavy atom. The van der Waals surface area contributed by atoms with Crippen molar-refractivity contribution in [1.29, 1.82) is 0 Å². The van der Waals surface area contributed by atoms with Gasteiger partial charge in [-0.05, 0) is 146 Å². The first-order valence-corrected chi connectivity index (χ1v) is 34.7. The first-order chi connectivity index (χ1) is 44.5. The number of aliphatic hydroxyl groups excluding tert-OH is 1. The minimum Gasteiger partial charge on any atom is -0.481 e. The van der Waals surface area contributed by atoms with E-state index in [0.717, 1.165) is 58.0 Å². The van der Waals surface area contributed by atoms with Crippen LogP contribution >= 0.6 is 11.8 Å². The number of aliphatic carboxylic acids is 2. The van der Waals surface area contributed by atoms with E-state index in [4.69, 9.17) is 28.0 Å². The molecule has 0 aliphatic heterocycles. The molecule has 22 N–H and O–H groups in total. The van der Waals surface area contributed by atoms with Crippen molar-refractivity contribution in [2.75, 3.05) is 57.9 Å². The van der Waals surface area contributed by atoms with Gasteiger partial charge in [-0.25, -0.2) is 9.78 Å². The van der Waals surface area contributed by atoms with Gasteiger partial charge in [0.2, 0.25) is 53.2 Å². The first kappa shape index (κ1) is 84.5. The Morgan fingerprint density at radius 2 is 0.946 bits per heavy atom. The van der Waals surface area contributed by atoms with Gasteiger partial charge in [-0.1, -0.05) is 79.1 Å². The van der Waals surface area contributed by atoms with E-state index >= 15 is 0 Å². The Balaban J connectivity index is 3.24. The standard InChI is InChI=1S/C62H114N16O14S/c1-6-40(3)52(77-54(83)43(66)23-17-22-33-67-32-21-12-10-8-9-11-13-27-51(81)82)61(90)75-48(35-42-36-68-39-70-42)59(88)73-45(25-15-19-30-64)56(85)72-44(24-14-18-29-63)55(84)69-37-50(80)71-47(28-34-93-5)58(87)78-53(41(4)7-2)60(89)74-46(26-16-20-31-65)57(86)76-49(38-79)62(91)92/h36,39-41,43-49,52-53,67,79H,6-35,37-38,63-66H2,1-5H3,(H,68,70)(H,69,84)(H,71,80)(H,72,85)(H,73,88)(H,74,89)(H,75,90)(H,76,86)(H,77,83)(H,78,87)(H,81,82)(H,91,92). The summed E-state index contributed by atoms with van der Waals surface area (Å²) in [5, 5.41) is 55.0. The first-order valence-electron chi connectivity index (χ1n) is 33.3. The molecule has 30 nitrogen and oxygen atoms in total. The van der Waals surface area contributed by atoms with Crippen LogP contribution in [0.1, 0.15) is 181 Å². The number of unbranched alkanes of at least 4 members (excludes halogenated alkanes) is 10. The topological polar surface area (TPSA) is 502 Å². The highest BCUT2D eigenvalue weighted by Crippen LogP contribution is 2.15. The van der Waals surface area contributed by atoms with Crippen LogP contribution in [0.15, 0.2) is 12.5 Å². The molecule has 0 spiro atoms. The maximum Gasteiger partial charge on any atom is 0.328 e. The molecule has 0 aliphatic carbocycles. The second-order valence-corrected chi connectivity index (χ2v) is 24.8. The molecule has 31 heteroatoms. The summed E-state index contributed by atoms with van der Waals surface area (Å²) in [5.41, 5.74) is 24.1. The lowest BCUT2D eigenvalue weighted by atomic mass is 9.96. The highest BCUT2D eigenvalue weighted by molar-refractivity contribution is 7.98. The molecule has 0 saturated heterocycles. The van der Waals surface area contributed by atoms with E-state index in [0.29, 0.717) is 82.1 Å². The fourth-order valence-corrected chi connectivity index (χ4v) is 10.3. The van der Waals surface area contributed by atoms with E-state index in [2.05, 4.69) is 63.1 Å². The second kappa shape index (κ2) is 50.9. The van der Waals surface area contributed by atoms with Crippen molar-refractivity contribution in [2.24, 2.45) is 34.8 Å². The van der Waals surface area contributed by atoms with Crippen molar-refractivity contribution >= 4 is 76.9 Å². The summed E-state index contributed by atoms with van der Waals surface area (Å²) in [6.07, 6.45) is 17.3. The predicted molar refractivity (Wildman–Crippen MR) is 355 cm³/mol. The average Bonchev–Trinajstić information content (AvgIpc) is 1.49. The van der Waals surface area contributed by atoms with Crippen LogP contribution in [0.25, 0.3) is 0 Å². The van der Waals surface area contributed by atoms with Crippen LogP contribution in [0.3, 0.4) is 0 Å². The molecule has 11 unspecified atom stereocenters. The average molecular weight is 1340 g/mol. The van der Waals surface area contributed by atoms with Gasteiger partial charge >= 0.3 is 11.9 Å². The minimum atomic E-state index is -1.64. The third-order valence-corrected chi connectivity index (χ3v) is 16.8. The number of amides is 9. The third-order valence-electron chi connectivity index (χ3n) is 16.1. The van der Waals surface area contributed by atoms with Crippen LogP contribution in [0.2, 0.25) is 0 Å². The number of carbonyl (C=O) groups is 11. The number of carbonyl (C=O) groups excluding carboxylic acids is 9. The highest BCUT2D eigenvalue weighted by atomic mass is 32.2. The van der Waals surface area contributed by atoms with Crippen molar-refractivity contribution in [2.45, 2.75) is 236 Å². The number of aromatic nitrogens is 2. The van der Waals surface area contributed by atoms with Crippen molar-refractivity contribution in [3.63, 3.8) is 0 Å². The van der Waals surface area contributed by atoms with Gasteiger partial charge in [0.25, 0.3) is 0 Å². The zero-order valence-electron chi connectivity index (χ0n) is 55.6. The Hall–Kier alpha value is -6.51. The molecule has 532 valence electrons. The van der Waals surface area contributed by atoms with Gasteiger partial charge in [0.05, 0.1) is 25.5 Å². The number of nitrogens with zero attached hydrogens (tertiary/aromatic N) is 1. The number of nitrogens with one attached hydrogen (secondary N) is 11. The van der Waals surface area contributed by atoms with E-state index in [1.165, 1.54) is 24.3 Å². The largest absolute Gasteiger partial charge is 0.481 e. The van der Waals surface area contributed by atoms with E-state index in [1.807, 2.05) is 6.92 Å². The molecule has 0 saturated carbocycles. The summed E-state index contributed by atoms with van der Waals surface area (Å²) >= 11 is 1.38. The minimum absolute atomic E-state index is 0.0662. The zero-order chi connectivity index (χ0) is 69.5. The van der Waals surface area contributed by atoms with Crippen molar-refractivity contribution in [3.8, 4) is 0 Å². The van der Waals surface area contributed by atoms with Crippen LogP contribution in [-0.2, 0) is 59.2 Å². The maximum atomic E-state index is 14.5. The van der Waals surface area contributed by atoms with Gasteiger partial charge in [-0.3, -0.25) is 47.9 Å². The molecule has 1 aromatic heterocycles. The molecule has 0 aromatic carbocycles. The number of thioether (sulfide) groups is 1. The van der Waals surface area contributed by atoms with Crippen LogP contribution in [0.5, 0.6) is 0 Å². The lowest BCUT2D eigenvalue weighted by molar-refractivity contribution is -0.143. The Bertz CT molecular complexity index is 2360. The van der Waals surface area contributed by atoms with Crippen molar-refractivity contribution in [1.82, 2.24) is 63.1 Å². The molecular weight excluding hydrogens is 1220 g/mol. The van der Waals surface area contributed by atoms with Gasteiger partial charge in [0.1, 0.15) is 48.3 Å². The fourth-order valence-electron chi connectivity index (χ4n) is 9.87. The maximum absolute atomic E-state index is 14.5. The molecule has 0 fully saturated rings. The number of imidazole rings is 1. The third kappa shape index (κ3) is 36.7. The van der Waals surface area contributed by atoms with Gasteiger partial charge < -0.3 is 96.4 Å². The van der Waals surface area contributed by atoms with Crippen molar-refractivity contribution < 1.29 is 68.1 Å². The normalized spacial score (nSPS) is 14.8. The lowest BCUT2D eigenvalue weighted by Gasteiger charge is -2.29. The molecule has 0 bridgehead atoms. The van der Waals surface area contributed by atoms with Crippen LogP contribution < -0.4 is 76.1 Å². The SMILES string of the molecule is CCC(C)C(NC(=O)C(N)CCCCNCCCCCCCCCC(=O)O)C(=O)NC(Cc1cnc[nH]1)C(=O)NC(CCCCN)C(=O)NC(CCCCN)C(=O)NCC(=O)NC(CCSC)C(=O)NC(C(=O)NC(CCCCN)C(=O)NC(CO)C(=O)O)C(C)CC. The van der Waals surface area contributed by atoms with Crippen LogP contribution in [0, 0.1) is 11.8 Å². The van der Waals surface area contributed by atoms with Gasteiger partial charge in [0.15, 0.2) is 0 Å². The number of rotatable bonds is 56. The lowest BCUT2D eigenvalue weighted by Crippen LogP contribution is -2.60. The zero-order valence-corrected chi connectivity index (χ0v) is 56.4. The number of aromatic amines is 1. The smallest absolute Gasteiger partial charge is 0.328 e. The number of carboxylic acid groups (broad SMARTS) is 2. The van der Waals surface area contributed by atoms with E-state index < -0.39 is 144 Å². The molecule has 1 rings (SSSR count). The summed E-state index contributed by atoms with van der Waals surface area (Å²) in [6.45, 7) is 8.01. The number of hydrogen-bond acceptors (Lipinski definition) is 19. The van der Waals surface area contributed by atoms with E-state index in [1.54, 1.807) is 27.0 Å². The molecule has 93 heavy (non-hydrogen) atoms. The van der Waals surface area contributed by atoms with Crippen LogP contribution in [-0.4, -0.2) is 203 Å². The Labute approximate surface area is 553 Å². The summed E-state index contributed by atoms with van der Waals surface area (Å²) in [5.74, 6) is -9.37. The highest BCUT2D eigenvalue weighted by Gasteiger charge is 2.36. The summed E-state index contributed by atoms with van der Waals surface area (Å²) in [6, 6.07) is -11.2. The predicted octanol–water partition coefficient (Wildman–Crippen LogP) is -0.451. The van der Waals surface area contributed by atoms with Crippen LogP contribution in [0.4, 0.5) is 0 Å². The molecule has 1 heterocycles. The number of H-pyrrole nitrogens is 1. The number of hydrogen-bond donors (Lipinski definition) is 18. The molecule has 1 aromatic rings. The van der Waals surface area contributed by atoms with Gasteiger partial charge in [-0.2, -0.15) is 11.8 Å². The second-order valence-electron chi connectivity index (χ2n) is 23.8. The Kier molecular flexibility index (Phi) is 46.3. The summed E-state index contributed by atoms with van der Waals surface area (Å²) in [7, 11) is 0. The molecule has 0 aliphatic rings. The fraction of sp³-hybridized carbons (Fsp3) is 0.774. The Morgan fingerprint density at radius 1 is 0.516 bits per heavy atom. The summed E-state index contributed by atoms with van der Waals surface area (Å²) in [4.78, 5) is 155. The van der Waals surface area contributed by atoms with E-state index in [-0.39, 0.29) is 58.2 Å². The molecule has 9 amide bonds. The molecule has 11 atom stereocenters. The number of nitrogens with two attached hydrogens (primary N) is 4. The van der Waals surface area contributed by atoms with Gasteiger partial charge in [0, 0.05) is 24.7 Å². The van der Waals surface area contributed by atoms with E-state index in [9.17, 15) is 63.0 Å². The number of carboxylic acids is 2.